The van der Waals surface area contributed by atoms with Crippen LogP contribution >= 0.6 is 0 Å². The third-order valence-electron chi connectivity index (χ3n) is 6.31. The molecule has 0 aromatic heterocycles. The molecule has 0 aliphatic heterocycles. The van der Waals surface area contributed by atoms with E-state index in [9.17, 15) is 9.90 Å². The number of rotatable bonds is 17. The first-order valence-corrected chi connectivity index (χ1v) is 14.0. The lowest BCUT2D eigenvalue weighted by atomic mass is 9.98. The fourth-order valence-corrected chi connectivity index (χ4v) is 3.98. The number of hydrogen-bond acceptors (Lipinski definition) is 9. The van der Waals surface area contributed by atoms with Crippen LogP contribution in [-0.2, 0) is 19.0 Å². The first-order valence-electron chi connectivity index (χ1n) is 14.0. The quantitative estimate of drug-likeness (QED) is 0.0456. The molecule has 2 atom stereocenters. The fourth-order valence-electron chi connectivity index (χ4n) is 3.98. The molecule has 3 rings (SSSR count). The summed E-state index contributed by atoms with van der Waals surface area (Å²) in [7, 11) is 1.57. The van der Waals surface area contributed by atoms with Crippen LogP contribution in [0.25, 0.3) is 22.3 Å². The Morgan fingerprint density at radius 2 is 1.43 bits per heavy atom. The van der Waals surface area contributed by atoms with Gasteiger partial charge in [0, 0.05) is 23.9 Å². The van der Waals surface area contributed by atoms with Crippen molar-refractivity contribution in [3.05, 3.63) is 97.1 Å². The maximum Gasteiger partial charge on any atom is 0.333 e. The standard InChI is InChI=1S/C35H41NO8/c1-22(2)33(37)42-18-16-40-31-15-11-27(21-32(31)41-17-19-43-34(38)23(3)4)29-14-10-26(20-30(29)36)25-8-12-28(13-9-25)44-35(39-7)24(5)6/h8-15,20-21,34-35,38H,1,3,5,16-19,36H2,2,4,6-7H3. The zero-order valence-corrected chi connectivity index (χ0v) is 25.8. The van der Waals surface area contributed by atoms with Gasteiger partial charge in [0.25, 0.3) is 0 Å². The fraction of sp³-hybridized carbons (Fsp3) is 0.286. The van der Waals surface area contributed by atoms with Gasteiger partial charge in [-0.05, 0) is 78.9 Å². The zero-order valence-electron chi connectivity index (χ0n) is 25.8. The highest BCUT2D eigenvalue weighted by Crippen LogP contribution is 2.37. The van der Waals surface area contributed by atoms with E-state index in [1.165, 1.54) is 0 Å². The van der Waals surface area contributed by atoms with Crippen LogP contribution < -0.4 is 19.9 Å². The van der Waals surface area contributed by atoms with Crippen LogP contribution in [0.5, 0.6) is 17.2 Å². The van der Waals surface area contributed by atoms with Crippen molar-refractivity contribution in [3.8, 4) is 39.5 Å². The summed E-state index contributed by atoms with van der Waals surface area (Å²) in [5.74, 6) is 1.06. The third kappa shape index (κ3) is 9.74. The molecule has 9 nitrogen and oxygen atoms in total. The molecule has 0 saturated carbocycles. The Balaban J connectivity index is 1.77. The van der Waals surface area contributed by atoms with Crippen LogP contribution in [0.15, 0.2) is 97.1 Å². The normalized spacial score (nSPS) is 12.1. The molecule has 44 heavy (non-hydrogen) atoms. The number of ether oxygens (including phenoxy) is 6. The minimum Gasteiger partial charge on any atom is -0.487 e. The van der Waals surface area contributed by atoms with Gasteiger partial charge in [-0.1, -0.05) is 50.1 Å². The second-order valence-corrected chi connectivity index (χ2v) is 10.2. The predicted molar refractivity (Wildman–Crippen MR) is 172 cm³/mol. The summed E-state index contributed by atoms with van der Waals surface area (Å²) >= 11 is 0. The monoisotopic (exact) mass is 603 g/mol. The number of carbonyl (C=O) groups excluding carboxylic acids is 1. The van der Waals surface area contributed by atoms with Gasteiger partial charge >= 0.3 is 5.97 Å². The van der Waals surface area contributed by atoms with Crippen LogP contribution in [-0.4, -0.2) is 57.2 Å². The smallest absolute Gasteiger partial charge is 0.333 e. The first-order chi connectivity index (χ1) is 21.0. The zero-order chi connectivity index (χ0) is 32.2. The highest BCUT2D eigenvalue weighted by molar-refractivity contribution is 5.87. The van der Waals surface area contributed by atoms with Gasteiger partial charge in [0.05, 0.1) is 6.61 Å². The van der Waals surface area contributed by atoms with Gasteiger partial charge in [0.15, 0.2) is 17.8 Å². The second kappa shape index (κ2) is 16.3. The van der Waals surface area contributed by atoms with Crippen LogP contribution in [0.1, 0.15) is 20.8 Å². The van der Waals surface area contributed by atoms with Crippen molar-refractivity contribution in [2.24, 2.45) is 0 Å². The Bertz CT molecular complexity index is 1460. The van der Waals surface area contributed by atoms with E-state index >= 15 is 0 Å². The number of aliphatic hydroxyl groups excluding tert-OH is 1. The summed E-state index contributed by atoms with van der Waals surface area (Å²) in [6, 6.07) is 18.9. The average Bonchev–Trinajstić information content (AvgIpc) is 3.00. The second-order valence-electron chi connectivity index (χ2n) is 10.2. The van der Waals surface area contributed by atoms with Crippen molar-refractivity contribution in [1.29, 1.82) is 0 Å². The summed E-state index contributed by atoms with van der Waals surface area (Å²) in [6.07, 6.45) is -1.60. The molecule has 0 fully saturated rings. The summed E-state index contributed by atoms with van der Waals surface area (Å²) in [6.45, 7) is 16.6. The molecule has 2 unspecified atom stereocenters. The van der Waals surface area contributed by atoms with Crippen LogP contribution in [0.2, 0.25) is 0 Å². The molecule has 0 heterocycles. The van der Waals surface area contributed by atoms with E-state index in [1.807, 2.05) is 61.5 Å². The highest BCUT2D eigenvalue weighted by atomic mass is 16.7. The first kappa shape index (κ1) is 33.9. The number of carbonyl (C=O) groups is 1. The van der Waals surface area contributed by atoms with E-state index in [0.717, 1.165) is 27.8 Å². The third-order valence-corrected chi connectivity index (χ3v) is 6.31. The molecule has 0 aliphatic rings. The van der Waals surface area contributed by atoms with Gasteiger partial charge in [0.2, 0.25) is 6.29 Å². The number of esters is 1. The molecule has 0 amide bonds. The SMILES string of the molecule is C=C(C)C(=O)OCCOc1ccc(-c2ccc(-c3ccc(OC(OC)C(=C)C)cc3)cc2N)cc1OCCOC(O)C(=C)C. The molecular formula is C35H41NO8. The number of methoxy groups -OCH3 is 1. The number of benzene rings is 3. The van der Waals surface area contributed by atoms with Gasteiger partial charge < -0.3 is 39.3 Å². The Morgan fingerprint density at radius 3 is 2.05 bits per heavy atom. The van der Waals surface area contributed by atoms with Crippen molar-refractivity contribution in [1.82, 2.24) is 0 Å². The molecule has 9 heteroatoms. The number of nitrogen functional groups attached to an aromatic ring is 1. The maximum absolute atomic E-state index is 11.7. The number of anilines is 1. The Hall–Kier alpha value is -4.57. The van der Waals surface area contributed by atoms with Gasteiger partial charge in [-0.15, -0.1) is 0 Å². The van der Waals surface area contributed by atoms with E-state index in [0.29, 0.717) is 34.1 Å². The van der Waals surface area contributed by atoms with Gasteiger partial charge in [-0.3, -0.25) is 0 Å². The van der Waals surface area contributed by atoms with Gasteiger partial charge in [-0.25, -0.2) is 4.79 Å². The summed E-state index contributed by atoms with van der Waals surface area (Å²) in [4.78, 5) is 11.7. The number of aliphatic hydroxyl groups is 1. The van der Waals surface area contributed by atoms with Gasteiger partial charge in [0.1, 0.15) is 25.6 Å². The van der Waals surface area contributed by atoms with Crippen molar-refractivity contribution < 1.29 is 38.3 Å². The minimum atomic E-state index is -1.08. The van der Waals surface area contributed by atoms with E-state index in [-0.39, 0.29) is 26.4 Å². The average molecular weight is 604 g/mol. The molecule has 3 N–H and O–H groups in total. The van der Waals surface area contributed by atoms with Crippen molar-refractivity contribution in [2.45, 2.75) is 33.4 Å². The Labute approximate surface area is 259 Å². The molecule has 0 spiro atoms. The lowest BCUT2D eigenvalue weighted by Gasteiger charge is -2.18. The lowest BCUT2D eigenvalue weighted by Crippen LogP contribution is -2.19. The summed E-state index contributed by atoms with van der Waals surface area (Å²) in [5.41, 5.74) is 12.2. The molecule has 3 aromatic rings. The lowest BCUT2D eigenvalue weighted by molar-refractivity contribution is -0.139. The molecule has 0 aliphatic carbocycles. The number of nitrogens with two attached hydrogens (primary N) is 1. The molecule has 3 aromatic carbocycles. The van der Waals surface area contributed by atoms with Gasteiger partial charge in [-0.2, -0.15) is 0 Å². The topological polar surface area (TPSA) is 119 Å². The highest BCUT2D eigenvalue weighted by Gasteiger charge is 2.14. The van der Waals surface area contributed by atoms with Crippen molar-refractivity contribution in [2.75, 3.05) is 39.3 Å². The number of hydrogen-bond donors (Lipinski definition) is 2. The van der Waals surface area contributed by atoms with E-state index in [4.69, 9.17) is 34.2 Å². The molecule has 0 radical (unpaired) electrons. The Kier molecular flexibility index (Phi) is 12.6. The molecule has 0 bridgehead atoms. The maximum atomic E-state index is 11.7. The Morgan fingerprint density at radius 1 is 0.795 bits per heavy atom. The van der Waals surface area contributed by atoms with Crippen molar-refractivity contribution in [3.63, 3.8) is 0 Å². The predicted octanol–water partition coefficient (Wildman–Crippen LogP) is 6.32. The summed E-state index contributed by atoms with van der Waals surface area (Å²) in [5, 5.41) is 9.83. The van der Waals surface area contributed by atoms with Crippen molar-refractivity contribution >= 4 is 11.7 Å². The molecule has 0 saturated heterocycles. The molecule has 234 valence electrons. The minimum absolute atomic E-state index is 0.0448. The van der Waals surface area contributed by atoms with E-state index < -0.39 is 18.5 Å². The van der Waals surface area contributed by atoms with E-state index in [2.05, 4.69) is 19.7 Å². The van der Waals surface area contributed by atoms with Crippen LogP contribution in [0, 0.1) is 0 Å². The van der Waals surface area contributed by atoms with Crippen LogP contribution in [0.3, 0.4) is 0 Å². The van der Waals surface area contributed by atoms with Crippen LogP contribution in [0.4, 0.5) is 5.69 Å². The van der Waals surface area contributed by atoms with E-state index in [1.54, 1.807) is 27.0 Å². The molecular weight excluding hydrogens is 562 g/mol. The largest absolute Gasteiger partial charge is 0.487 e. The summed E-state index contributed by atoms with van der Waals surface area (Å²) < 4.78 is 33.4.